The number of aliphatic hydroxyl groups excluding tert-OH is 2. The fourth-order valence-electron chi connectivity index (χ4n) is 7.65. The van der Waals surface area contributed by atoms with Crippen LogP contribution >= 0.6 is 0 Å². The van der Waals surface area contributed by atoms with Crippen LogP contribution in [0.15, 0.2) is 60.8 Å². The number of hydrogen-bond donors (Lipinski definition) is 3. The molecule has 0 aliphatic carbocycles. The van der Waals surface area contributed by atoms with Crippen LogP contribution < -0.4 is 5.32 Å². The van der Waals surface area contributed by atoms with E-state index >= 15 is 0 Å². The van der Waals surface area contributed by atoms with Gasteiger partial charge in [-0.15, -0.1) is 0 Å². The van der Waals surface area contributed by atoms with Gasteiger partial charge < -0.3 is 20.3 Å². The highest BCUT2D eigenvalue weighted by Gasteiger charge is 2.18. The minimum atomic E-state index is -0.850. The molecule has 0 spiro atoms. The lowest BCUT2D eigenvalue weighted by Crippen LogP contribution is -2.45. The smallest absolute Gasteiger partial charge is 0.305 e. The van der Waals surface area contributed by atoms with Gasteiger partial charge in [-0.3, -0.25) is 9.59 Å². The van der Waals surface area contributed by atoms with Crippen LogP contribution in [0.1, 0.15) is 258 Å². The minimum Gasteiger partial charge on any atom is -0.466 e. The topological polar surface area (TPSA) is 95.9 Å². The Kier molecular flexibility index (Phi) is 49.2. The van der Waals surface area contributed by atoms with Crippen molar-refractivity contribution in [1.82, 2.24) is 5.32 Å². The summed E-state index contributed by atoms with van der Waals surface area (Å²) in [6.45, 7) is 4.79. The zero-order chi connectivity index (χ0) is 45.1. The predicted octanol–water partition coefficient (Wildman–Crippen LogP) is 16.0. The van der Waals surface area contributed by atoms with E-state index in [0.29, 0.717) is 19.4 Å². The van der Waals surface area contributed by atoms with Crippen LogP contribution in [0.2, 0.25) is 0 Å². The Hall–Kier alpha value is -2.44. The van der Waals surface area contributed by atoms with E-state index in [4.69, 9.17) is 4.74 Å². The van der Waals surface area contributed by atoms with Crippen LogP contribution in [-0.2, 0) is 14.3 Å². The molecule has 0 saturated carbocycles. The normalized spacial score (nSPS) is 13.2. The number of esters is 1. The number of nitrogens with one attached hydrogen (secondary N) is 1. The van der Waals surface area contributed by atoms with Gasteiger partial charge in [-0.05, 0) is 96.3 Å². The lowest BCUT2D eigenvalue weighted by Gasteiger charge is -2.20. The Labute approximate surface area is 384 Å². The van der Waals surface area contributed by atoms with Crippen molar-refractivity contribution in [2.75, 3.05) is 13.2 Å². The maximum atomic E-state index is 12.4. The summed E-state index contributed by atoms with van der Waals surface area (Å²) < 4.78 is 5.45. The Balaban J connectivity index is 3.49. The molecule has 1 amide bonds. The maximum Gasteiger partial charge on any atom is 0.305 e. The number of carbonyl (C=O) groups excluding carboxylic acids is 2. The van der Waals surface area contributed by atoms with Crippen molar-refractivity contribution in [3.8, 4) is 0 Å². The number of aliphatic hydroxyl groups is 2. The maximum absolute atomic E-state index is 12.4. The molecule has 6 nitrogen and oxygen atoms in total. The average molecular weight is 868 g/mol. The number of rotatable bonds is 48. The lowest BCUT2D eigenvalue weighted by atomic mass is 10.0. The molecule has 2 atom stereocenters. The molecular weight excluding hydrogens is 767 g/mol. The first kappa shape index (κ1) is 59.6. The Bertz CT molecular complexity index is 1090. The summed E-state index contributed by atoms with van der Waals surface area (Å²) in [5.41, 5.74) is 0. The molecule has 0 heterocycles. The molecule has 0 saturated heterocycles. The van der Waals surface area contributed by atoms with Crippen LogP contribution in [0.25, 0.3) is 0 Å². The van der Waals surface area contributed by atoms with Crippen molar-refractivity contribution >= 4 is 11.9 Å². The quantitative estimate of drug-likeness (QED) is 0.0245. The third-order valence-electron chi connectivity index (χ3n) is 11.8. The molecule has 0 radical (unpaired) electrons. The Morgan fingerprint density at radius 3 is 1.35 bits per heavy atom. The zero-order valence-corrected chi connectivity index (χ0v) is 40.8. The number of allylic oxidation sites excluding steroid dienone is 9. The second-order valence-corrected chi connectivity index (χ2v) is 17.9. The van der Waals surface area contributed by atoms with Gasteiger partial charge in [0.1, 0.15) is 0 Å². The van der Waals surface area contributed by atoms with Gasteiger partial charge in [0.2, 0.25) is 5.91 Å². The number of hydrogen-bond acceptors (Lipinski definition) is 5. The lowest BCUT2D eigenvalue weighted by molar-refractivity contribution is -0.143. The molecule has 0 bridgehead atoms. The molecule has 360 valence electrons. The van der Waals surface area contributed by atoms with Gasteiger partial charge in [0.05, 0.1) is 25.4 Å². The molecule has 0 aliphatic rings. The second kappa shape index (κ2) is 51.2. The largest absolute Gasteiger partial charge is 0.466 e. The van der Waals surface area contributed by atoms with Crippen molar-refractivity contribution in [3.05, 3.63) is 60.8 Å². The fourth-order valence-corrected chi connectivity index (χ4v) is 7.65. The van der Waals surface area contributed by atoms with Crippen molar-refractivity contribution in [1.29, 1.82) is 0 Å². The zero-order valence-electron chi connectivity index (χ0n) is 40.8. The first-order chi connectivity index (χ1) is 30.5. The summed E-state index contributed by atoms with van der Waals surface area (Å²) in [7, 11) is 0. The summed E-state index contributed by atoms with van der Waals surface area (Å²) in [6, 6.07) is -0.635. The van der Waals surface area contributed by atoms with Crippen LogP contribution in [0.3, 0.4) is 0 Å². The average Bonchev–Trinajstić information content (AvgIpc) is 3.27. The molecule has 0 aromatic heterocycles. The molecule has 0 aromatic rings. The standard InChI is InChI=1S/C56H101NO5/c1-3-5-7-9-11-13-14-15-16-20-24-27-30-34-38-42-46-50-56(61)62-51-47-43-39-35-31-28-25-22-19-17-18-21-23-26-29-33-37-41-45-49-55(60)57-53(52-58)54(59)48-44-40-36-32-12-10-8-6-4-2/h11,13,15-16,22,25,28,31,44,48,53-54,58-59H,3-10,12,14,17-21,23-24,26-27,29-30,32-43,45-47,49-52H2,1-2H3,(H,57,60)/b13-11-,16-15-,25-22-,31-28-,48-44+. The molecule has 6 heteroatoms. The van der Waals surface area contributed by atoms with Crippen LogP contribution in [0.5, 0.6) is 0 Å². The van der Waals surface area contributed by atoms with E-state index in [2.05, 4.69) is 67.8 Å². The molecule has 3 N–H and O–H groups in total. The van der Waals surface area contributed by atoms with E-state index in [1.807, 2.05) is 6.08 Å². The predicted molar refractivity (Wildman–Crippen MR) is 268 cm³/mol. The van der Waals surface area contributed by atoms with E-state index in [-0.39, 0.29) is 18.5 Å². The van der Waals surface area contributed by atoms with Crippen molar-refractivity contribution in [2.24, 2.45) is 0 Å². The third kappa shape index (κ3) is 47.0. The SMILES string of the molecule is CCCCC/C=C\C/C=C\CCCCCCCCCC(=O)OCCCCC/C=C\C=C/CCCCCCCCCCCCC(=O)NC(CO)C(O)/C=C/CCCCCCCCC. The number of carbonyl (C=O) groups is 2. The number of amides is 1. The van der Waals surface area contributed by atoms with Gasteiger partial charge in [-0.1, -0.05) is 209 Å². The van der Waals surface area contributed by atoms with Crippen LogP contribution in [0.4, 0.5) is 0 Å². The fraction of sp³-hybridized carbons (Fsp3) is 0.786. The van der Waals surface area contributed by atoms with E-state index in [0.717, 1.165) is 83.5 Å². The van der Waals surface area contributed by atoms with E-state index in [1.54, 1.807) is 6.08 Å². The van der Waals surface area contributed by atoms with Gasteiger partial charge >= 0.3 is 5.97 Å². The van der Waals surface area contributed by atoms with Crippen LogP contribution in [0, 0.1) is 0 Å². The highest BCUT2D eigenvalue weighted by molar-refractivity contribution is 5.76. The Morgan fingerprint density at radius 2 is 0.855 bits per heavy atom. The minimum absolute atomic E-state index is 0.0232. The monoisotopic (exact) mass is 868 g/mol. The number of ether oxygens (including phenoxy) is 1. The summed E-state index contributed by atoms with van der Waals surface area (Å²) in [6.07, 6.45) is 65.2. The van der Waals surface area contributed by atoms with Gasteiger partial charge in [0, 0.05) is 12.8 Å². The second-order valence-electron chi connectivity index (χ2n) is 17.9. The van der Waals surface area contributed by atoms with Gasteiger partial charge in [0.15, 0.2) is 0 Å². The van der Waals surface area contributed by atoms with Crippen molar-refractivity contribution < 1.29 is 24.5 Å². The first-order valence-corrected chi connectivity index (χ1v) is 26.6. The molecule has 2 unspecified atom stereocenters. The highest BCUT2D eigenvalue weighted by atomic mass is 16.5. The van der Waals surface area contributed by atoms with Crippen molar-refractivity contribution in [3.63, 3.8) is 0 Å². The molecule has 0 fully saturated rings. The van der Waals surface area contributed by atoms with E-state index < -0.39 is 12.1 Å². The van der Waals surface area contributed by atoms with Gasteiger partial charge in [-0.2, -0.15) is 0 Å². The number of unbranched alkanes of at least 4 members (excludes halogenated alkanes) is 30. The van der Waals surface area contributed by atoms with Gasteiger partial charge in [-0.25, -0.2) is 0 Å². The van der Waals surface area contributed by atoms with Gasteiger partial charge in [0.25, 0.3) is 0 Å². The van der Waals surface area contributed by atoms with Crippen molar-refractivity contribution in [2.45, 2.75) is 270 Å². The molecule has 62 heavy (non-hydrogen) atoms. The molecular formula is C56H101NO5. The highest BCUT2D eigenvalue weighted by Crippen LogP contribution is 2.14. The van der Waals surface area contributed by atoms with Crippen LogP contribution in [-0.4, -0.2) is 47.4 Å². The molecule has 0 aliphatic heterocycles. The third-order valence-corrected chi connectivity index (χ3v) is 11.8. The summed E-state index contributed by atoms with van der Waals surface area (Å²) >= 11 is 0. The summed E-state index contributed by atoms with van der Waals surface area (Å²) in [5.74, 6) is -0.106. The Morgan fingerprint density at radius 1 is 0.468 bits per heavy atom. The summed E-state index contributed by atoms with van der Waals surface area (Å²) in [5, 5.41) is 22.9. The van der Waals surface area contributed by atoms with E-state index in [9.17, 15) is 19.8 Å². The summed E-state index contributed by atoms with van der Waals surface area (Å²) in [4.78, 5) is 24.4. The molecule has 0 rings (SSSR count). The van der Waals surface area contributed by atoms with E-state index in [1.165, 1.54) is 148 Å². The molecule has 0 aromatic carbocycles. The first-order valence-electron chi connectivity index (χ1n) is 26.6.